The fourth-order valence-corrected chi connectivity index (χ4v) is 7.85. The van der Waals surface area contributed by atoms with Crippen molar-refractivity contribution >= 4 is 64.4 Å². The van der Waals surface area contributed by atoms with Crippen LogP contribution in [0.2, 0.25) is 5.02 Å². The number of guanidine groups is 1. The number of rotatable bonds is 34. The van der Waals surface area contributed by atoms with Crippen LogP contribution in [0.4, 0.5) is 16.2 Å². The molecule has 1 aliphatic heterocycles. The second-order valence-electron chi connectivity index (χ2n) is 17.8. The lowest BCUT2D eigenvalue weighted by Crippen LogP contribution is -2.45. The minimum atomic E-state index is -0.842. The largest absolute Gasteiger partial charge is 0.494 e. The normalized spacial score (nSPS) is 13.6. The van der Waals surface area contributed by atoms with E-state index in [1.807, 2.05) is 73.4 Å². The average molecular weight is 1040 g/mol. The standard InChI is InChI=1S/C52H67ClN10O10.CH3/c1-36(2)47(61-46(65)19-26-70-28-30-72-31-29-71-27-24-63-49(67)43-33-44(43)50(63)68)45(64)32-38(8-7-21-56-51(55)69)48(66)59-40-13-9-37(10-14-40)34-62-22-17-41(18-23-62)60-52(58-35-54)57-20-5-3-4-6-25-73-42-15-11-39(53)12-16-42;/h9-18,22-23,36,38,47H,3-8,19-21,24-34H2,1-2H3,(H6,55,56,57,58,59,61,65,66,69);1H3/q;-1/p+1/t38-,47+;/m1./s1. The number of ether oxygens (including phenoxy) is 4. The number of piperidine rings is 1. The first kappa shape index (κ1) is 59.6. The van der Waals surface area contributed by atoms with Gasteiger partial charge in [0, 0.05) is 77.8 Å². The Morgan fingerprint density at radius 3 is 2.09 bits per heavy atom. The predicted octanol–water partition coefficient (Wildman–Crippen LogP) is 5.22. The molecule has 0 bridgehead atoms. The van der Waals surface area contributed by atoms with Crippen molar-refractivity contribution in [3.63, 3.8) is 0 Å². The van der Waals surface area contributed by atoms with Crippen molar-refractivity contribution in [2.24, 2.45) is 22.6 Å². The number of hydrogen-bond donors (Lipinski definition) is 6. The third kappa shape index (κ3) is 21.3. The number of nitriles is 1. The quantitative estimate of drug-likeness (QED) is 0.00656. The number of ketones is 1. The van der Waals surface area contributed by atoms with Crippen LogP contribution in [0.5, 0.6) is 5.75 Å². The minimum absolute atomic E-state index is 0. The molecule has 0 spiro atoms. The smallest absolute Gasteiger partial charge is 0.312 e. The molecule has 2 heterocycles. The van der Waals surface area contributed by atoms with Crippen LogP contribution in [0.15, 0.2) is 89.2 Å². The van der Waals surface area contributed by atoms with Gasteiger partial charge >= 0.3 is 6.03 Å². The molecule has 1 aliphatic carbocycles. The Labute approximate surface area is 438 Å². The van der Waals surface area contributed by atoms with Gasteiger partial charge in [0.1, 0.15) is 5.75 Å². The summed E-state index contributed by atoms with van der Waals surface area (Å²) in [6.45, 7) is 7.17. The zero-order valence-corrected chi connectivity index (χ0v) is 43.4. The zero-order valence-electron chi connectivity index (χ0n) is 42.6. The maximum atomic E-state index is 13.7. The predicted molar refractivity (Wildman–Crippen MR) is 279 cm³/mol. The van der Waals surface area contributed by atoms with Gasteiger partial charge in [0.05, 0.1) is 64.5 Å². The Balaban J connectivity index is 0.0000119. The van der Waals surface area contributed by atoms with Gasteiger partial charge in [0.2, 0.25) is 17.8 Å². The summed E-state index contributed by atoms with van der Waals surface area (Å²) in [5, 5.41) is 24.0. The van der Waals surface area contributed by atoms with Crippen LogP contribution in [-0.2, 0) is 44.7 Å². The number of carbonyl (C=O) groups is 6. The van der Waals surface area contributed by atoms with E-state index in [0.29, 0.717) is 60.4 Å². The number of aromatic nitrogens is 1. The average Bonchev–Trinajstić information content (AvgIpc) is 4.14. The van der Waals surface area contributed by atoms with Crippen LogP contribution in [-0.4, -0.2) is 118 Å². The van der Waals surface area contributed by atoms with Gasteiger partial charge in [-0.05, 0) is 74.4 Å². The van der Waals surface area contributed by atoms with Crippen molar-refractivity contribution in [2.75, 3.05) is 76.5 Å². The van der Waals surface area contributed by atoms with Gasteiger partial charge in [-0.25, -0.2) is 9.36 Å². The lowest BCUT2D eigenvalue weighted by Gasteiger charge is -2.24. The number of aliphatic imine (C=N–C) groups is 1. The highest BCUT2D eigenvalue weighted by Gasteiger charge is 2.46. The van der Waals surface area contributed by atoms with E-state index in [2.05, 4.69) is 31.6 Å². The molecule has 74 heavy (non-hydrogen) atoms. The number of imide groups is 1. The summed E-state index contributed by atoms with van der Waals surface area (Å²) in [5.41, 5.74) is 8.72. The number of anilines is 2. The summed E-state index contributed by atoms with van der Waals surface area (Å²) in [6, 6.07) is 16.9. The first-order valence-corrected chi connectivity index (χ1v) is 25.1. The number of unbranched alkanes of at least 4 members (excludes halogenated alkanes) is 3. The molecule has 0 fully saturated rings. The summed E-state index contributed by atoms with van der Waals surface area (Å²) in [4.78, 5) is 81.3. The monoisotopic (exact) mass is 1040 g/mol. The van der Waals surface area contributed by atoms with E-state index >= 15 is 0 Å². The van der Waals surface area contributed by atoms with E-state index in [1.54, 1.807) is 24.3 Å². The van der Waals surface area contributed by atoms with Gasteiger partial charge in [-0.1, -0.05) is 44.0 Å². The van der Waals surface area contributed by atoms with Crippen LogP contribution in [0, 0.1) is 30.7 Å². The molecule has 1 aromatic heterocycles. The Morgan fingerprint density at radius 2 is 1.45 bits per heavy atom. The number of pyridine rings is 1. The number of primary amides is 1. The fourth-order valence-electron chi connectivity index (χ4n) is 7.72. The van der Waals surface area contributed by atoms with Crippen molar-refractivity contribution in [2.45, 2.75) is 84.2 Å². The number of benzene rings is 2. The number of urea groups is 1. The number of amides is 6. The van der Waals surface area contributed by atoms with E-state index in [0.717, 1.165) is 42.7 Å². The van der Waals surface area contributed by atoms with E-state index < -0.39 is 18.0 Å². The second-order valence-corrected chi connectivity index (χ2v) is 18.3. The Hall–Kier alpha value is -6.92. The number of nitrogens with two attached hydrogens (primary N) is 1. The first-order chi connectivity index (χ1) is 35.3. The number of hydrogen-bond acceptors (Lipinski definition) is 12. The van der Waals surface area contributed by atoms with Gasteiger partial charge in [-0.2, -0.15) is 5.26 Å². The number of Topliss-reactive ketones (excluding diaryl/α,β-unsaturated/α-hetero) is 1. The highest BCUT2D eigenvalue weighted by molar-refractivity contribution is 6.30. The first-order valence-electron chi connectivity index (χ1n) is 24.7. The van der Waals surface area contributed by atoms with Crippen molar-refractivity contribution in [1.29, 1.82) is 5.26 Å². The Kier molecular flexibility index (Phi) is 26.0. The van der Waals surface area contributed by atoms with E-state index in [4.69, 9.17) is 36.3 Å². The Bertz CT molecular complexity index is 2390. The van der Waals surface area contributed by atoms with Crippen molar-refractivity contribution in [3.05, 3.63) is 102 Å². The Morgan fingerprint density at radius 1 is 0.811 bits per heavy atom. The summed E-state index contributed by atoms with van der Waals surface area (Å²) in [7, 11) is 0. The molecule has 21 heteroatoms. The lowest BCUT2D eigenvalue weighted by molar-refractivity contribution is -0.688. The van der Waals surface area contributed by atoms with Crippen LogP contribution in [0.3, 0.4) is 0 Å². The molecule has 0 unspecified atom stereocenters. The van der Waals surface area contributed by atoms with Crippen molar-refractivity contribution in [3.8, 4) is 11.9 Å². The molecular weight excluding hydrogens is 972 g/mol. The minimum Gasteiger partial charge on any atom is -0.494 e. The van der Waals surface area contributed by atoms with Crippen molar-refractivity contribution in [1.82, 2.24) is 20.9 Å². The summed E-state index contributed by atoms with van der Waals surface area (Å²) in [5.74, 6) is -1.35. The molecule has 400 valence electrons. The van der Waals surface area contributed by atoms with Gasteiger partial charge in [0.25, 0.3) is 11.8 Å². The molecule has 5 rings (SSSR count). The molecule has 2 atom stereocenters. The molecule has 6 amide bonds. The van der Waals surface area contributed by atoms with E-state index in [-0.39, 0.29) is 115 Å². The summed E-state index contributed by atoms with van der Waals surface area (Å²) < 4.78 is 24.2. The number of nitrogens with zero attached hydrogens (tertiary/aromatic N) is 4. The molecular formula is C53H71ClN10O10. The van der Waals surface area contributed by atoms with Crippen LogP contribution >= 0.6 is 11.6 Å². The highest BCUT2D eigenvalue weighted by atomic mass is 35.5. The zero-order chi connectivity index (χ0) is 52.4. The van der Waals surface area contributed by atoms with Gasteiger partial charge in [-0.15, -0.1) is 0 Å². The van der Waals surface area contributed by atoms with Gasteiger partial charge in [-0.3, -0.25) is 39.2 Å². The third-order valence-electron chi connectivity index (χ3n) is 11.8. The molecule has 2 aromatic carbocycles. The number of halogens is 1. The maximum absolute atomic E-state index is 13.7. The lowest BCUT2D eigenvalue weighted by atomic mass is 9.89. The number of carbonyl (C=O) groups excluding carboxylic acids is 6. The molecule has 3 aromatic rings. The third-order valence-corrected chi connectivity index (χ3v) is 12.0. The number of nitrogens with one attached hydrogen (secondary N) is 5. The molecule has 2 aliphatic rings. The second kappa shape index (κ2) is 32.3. The van der Waals surface area contributed by atoms with E-state index in [9.17, 15) is 34.0 Å². The summed E-state index contributed by atoms with van der Waals surface area (Å²) >= 11 is 5.92. The molecule has 7 N–H and O–H groups in total. The molecule has 0 saturated carbocycles. The SMILES string of the molecule is CC(C)[C@H](NC(=O)CCOCCOCCOCCN1C(=O)C2=C(C2)C1=O)C(=O)C[C@@H](CCCNC(N)=O)C(=O)Nc1ccc(C[n+]2ccc(NC(=NCCCCCCOc3ccc(Cl)cc3)NC#N)cc2)cc1.[CH3-]. The van der Waals surface area contributed by atoms with Gasteiger partial charge < -0.3 is 53.4 Å². The van der Waals surface area contributed by atoms with Crippen LogP contribution < -0.4 is 41.6 Å². The van der Waals surface area contributed by atoms with Gasteiger partial charge in [0.15, 0.2) is 30.9 Å². The maximum Gasteiger partial charge on any atom is 0.312 e. The van der Waals surface area contributed by atoms with Crippen LogP contribution in [0.25, 0.3) is 0 Å². The topological polar surface area (TPSA) is 269 Å². The molecule has 0 radical (unpaired) electrons. The fraction of sp³-hybridized carbons (Fsp3) is 0.472. The summed E-state index contributed by atoms with van der Waals surface area (Å²) in [6.07, 6.45) is 10.5. The molecule has 20 nitrogen and oxygen atoms in total. The number of likely N-dealkylation sites (tertiary alicyclic amines) is 1. The molecule has 0 saturated heterocycles. The van der Waals surface area contributed by atoms with Crippen molar-refractivity contribution < 1.29 is 52.3 Å². The van der Waals surface area contributed by atoms with Crippen LogP contribution in [0.1, 0.15) is 77.2 Å². The highest BCUT2D eigenvalue weighted by Crippen LogP contribution is 2.39. The van der Waals surface area contributed by atoms with E-state index in [1.165, 1.54) is 4.90 Å².